The summed E-state index contributed by atoms with van der Waals surface area (Å²) >= 11 is 0. The molecule has 1 aromatic carbocycles. The minimum atomic E-state index is -0.880. The van der Waals surface area contributed by atoms with Gasteiger partial charge in [0, 0.05) is 51.0 Å². The number of rotatable bonds is 6. The highest BCUT2D eigenvalue weighted by molar-refractivity contribution is 5.94. The number of amides is 2. The van der Waals surface area contributed by atoms with Crippen LogP contribution in [-0.2, 0) is 11.2 Å². The van der Waals surface area contributed by atoms with Gasteiger partial charge in [-0.15, -0.1) is 0 Å². The molecule has 0 radical (unpaired) electrons. The van der Waals surface area contributed by atoms with Gasteiger partial charge in [-0.25, -0.2) is 8.78 Å². The average Bonchev–Trinajstić information content (AvgIpc) is 3.46. The second-order valence-corrected chi connectivity index (χ2v) is 7.96. The molecule has 30 heavy (non-hydrogen) atoms. The Morgan fingerprint density at radius 3 is 2.77 bits per heavy atom. The van der Waals surface area contributed by atoms with Crippen molar-refractivity contribution in [3.8, 4) is 0 Å². The molecule has 1 aliphatic heterocycles. The standard InChI is InChI=1S/C21H24F2N4O3/c1-13(28)27(10-8-19-24-20(30-25-19)14-4-5-14)16-3-2-9-26(12-16)21(29)17-7-6-15(22)11-18(17)23/h6-7,11,14,16H,2-5,8-10,12H2,1H3. The van der Waals surface area contributed by atoms with Gasteiger partial charge in [0.2, 0.25) is 11.8 Å². The predicted molar refractivity (Wildman–Crippen MR) is 103 cm³/mol. The number of nitrogens with zero attached hydrogens (tertiary/aromatic N) is 4. The van der Waals surface area contributed by atoms with Crippen molar-refractivity contribution in [3.05, 3.63) is 47.1 Å². The number of hydrogen-bond donors (Lipinski definition) is 0. The Kier molecular flexibility index (Phi) is 5.78. The molecule has 1 aliphatic carbocycles. The van der Waals surface area contributed by atoms with Crippen molar-refractivity contribution in [2.45, 2.75) is 51.0 Å². The Bertz CT molecular complexity index is 944. The summed E-state index contributed by atoms with van der Waals surface area (Å²) in [4.78, 5) is 32.7. The normalized spacial score (nSPS) is 19.0. The van der Waals surface area contributed by atoms with Gasteiger partial charge in [0.1, 0.15) is 11.6 Å². The number of benzene rings is 1. The maximum absolute atomic E-state index is 14.0. The summed E-state index contributed by atoms with van der Waals surface area (Å²) in [6, 6.07) is 2.75. The lowest BCUT2D eigenvalue weighted by molar-refractivity contribution is -0.132. The lowest BCUT2D eigenvalue weighted by Crippen LogP contribution is -2.51. The van der Waals surface area contributed by atoms with Crippen LogP contribution < -0.4 is 0 Å². The van der Waals surface area contributed by atoms with Crippen LogP contribution in [0.3, 0.4) is 0 Å². The molecule has 1 atom stereocenters. The van der Waals surface area contributed by atoms with Gasteiger partial charge in [-0.05, 0) is 37.8 Å². The summed E-state index contributed by atoms with van der Waals surface area (Å²) in [5.74, 6) is -0.597. The first-order chi connectivity index (χ1) is 14.4. The van der Waals surface area contributed by atoms with Gasteiger partial charge in [-0.3, -0.25) is 9.59 Å². The number of likely N-dealkylation sites (tertiary alicyclic amines) is 1. The molecule has 2 aliphatic rings. The number of hydrogen-bond acceptors (Lipinski definition) is 5. The van der Waals surface area contributed by atoms with Crippen LogP contribution in [-0.4, -0.2) is 57.4 Å². The topological polar surface area (TPSA) is 79.5 Å². The number of carbonyl (C=O) groups excluding carboxylic acids is 2. The number of piperidine rings is 1. The molecule has 9 heteroatoms. The molecule has 2 amide bonds. The highest BCUT2D eigenvalue weighted by Gasteiger charge is 2.32. The van der Waals surface area contributed by atoms with Gasteiger partial charge in [-0.2, -0.15) is 4.98 Å². The molecule has 2 heterocycles. The first-order valence-corrected chi connectivity index (χ1v) is 10.3. The zero-order chi connectivity index (χ0) is 21.3. The Balaban J connectivity index is 1.41. The molecule has 0 bridgehead atoms. The SMILES string of the molecule is CC(=O)N(CCc1noc(C2CC2)n1)C1CCCN(C(=O)c2ccc(F)cc2F)C1. The summed E-state index contributed by atoms with van der Waals surface area (Å²) in [6.07, 6.45) is 4.04. The molecule has 0 spiro atoms. The minimum absolute atomic E-state index is 0.104. The molecule has 1 saturated carbocycles. The van der Waals surface area contributed by atoms with Crippen molar-refractivity contribution >= 4 is 11.8 Å². The van der Waals surface area contributed by atoms with E-state index in [1.165, 1.54) is 11.8 Å². The largest absolute Gasteiger partial charge is 0.339 e. The van der Waals surface area contributed by atoms with Crippen molar-refractivity contribution in [2.24, 2.45) is 0 Å². The van der Waals surface area contributed by atoms with Crippen LogP contribution in [0.2, 0.25) is 0 Å². The lowest BCUT2D eigenvalue weighted by Gasteiger charge is -2.39. The molecule has 1 unspecified atom stereocenters. The first-order valence-electron chi connectivity index (χ1n) is 10.3. The van der Waals surface area contributed by atoms with Gasteiger partial charge in [-0.1, -0.05) is 5.16 Å². The molecular weight excluding hydrogens is 394 g/mol. The van der Waals surface area contributed by atoms with E-state index in [4.69, 9.17) is 4.52 Å². The zero-order valence-corrected chi connectivity index (χ0v) is 16.8. The van der Waals surface area contributed by atoms with Crippen molar-refractivity contribution in [3.63, 3.8) is 0 Å². The smallest absolute Gasteiger partial charge is 0.256 e. The van der Waals surface area contributed by atoms with E-state index in [0.717, 1.165) is 31.4 Å². The van der Waals surface area contributed by atoms with Gasteiger partial charge >= 0.3 is 0 Å². The summed E-state index contributed by atoms with van der Waals surface area (Å²) in [7, 11) is 0. The number of aromatic nitrogens is 2. The molecule has 4 rings (SSSR count). The zero-order valence-electron chi connectivity index (χ0n) is 16.8. The fourth-order valence-electron chi connectivity index (χ4n) is 3.91. The highest BCUT2D eigenvalue weighted by Crippen LogP contribution is 2.38. The molecule has 160 valence electrons. The van der Waals surface area contributed by atoms with Crippen LogP contribution in [0.25, 0.3) is 0 Å². The van der Waals surface area contributed by atoms with E-state index in [1.54, 1.807) is 4.90 Å². The number of halogens is 2. The van der Waals surface area contributed by atoms with Crippen molar-refractivity contribution < 1.29 is 22.9 Å². The van der Waals surface area contributed by atoms with Crippen LogP contribution in [0.15, 0.2) is 22.7 Å². The van der Waals surface area contributed by atoms with Gasteiger partial charge in [0.05, 0.1) is 5.56 Å². The summed E-state index contributed by atoms with van der Waals surface area (Å²) in [6.45, 7) is 2.67. The molecule has 2 fully saturated rings. The molecule has 2 aromatic rings. The second kappa shape index (κ2) is 8.49. The fourth-order valence-corrected chi connectivity index (χ4v) is 3.91. The van der Waals surface area contributed by atoms with Crippen LogP contribution in [0.5, 0.6) is 0 Å². The van der Waals surface area contributed by atoms with E-state index in [1.807, 2.05) is 0 Å². The van der Waals surface area contributed by atoms with E-state index < -0.39 is 17.5 Å². The molecular formula is C21H24F2N4O3. The Hall–Kier alpha value is -2.84. The Morgan fingerprint density at radius 2 is 2.07 bits per heavy atom. The molecule has 1 saturated heterocycles. The maximum atomic E-state index is 14.0. The third-order valence-corrected chi connectivity index (χ3v) is 5.68. The fraction of sp³-hybridized carbons (Fsp3) is 0.524. The average molecular weight is 418 g/mol. The number of carbonyl (C=O) groups is 2. The Labute approximate surface area is 173 Å². The van der Waals surface area contributed by atoms with Crippen molar-refractivity contribution in [1.82, 2.24) is 19.9 Å². The molecule has 7 nitrogen and oxygen atoms in total. The Morgan fingerprint density at radius 1 is 1.27 bits per heavy atom. The highest BCUT2D eigenvalue weighted by atomic mass is 19.1. The maximum Gasteiger partial charge on any atom is 0.256 e. The van der Waals surface area contributed by atoms with E-state index in [2.05, 4.69) is 10.1 Å². The van der Waals surface area contributed by atoms with Gasteiger partial charge < -0.3 is 14.3 Å². The van der Waals surface area contributed by atoms with Gasteiger partial charge in [0.25, 0.3) is 5.91 Å². The third-order valence-electron chi connectivity index (χ3n) is 5.68. The quantitative estimate of drug-likeness (QED) is 0.721. The predicted octanol–water partition coefficient (Wildman–Crippen LogP) is 2.92. The molecule has 0 N–H and O–H groups in total. The van der Waals surface area contributed by atoms with E-state index in [0.29, 0.717) is 56.2 Å². The second-order valence-electron chi connectivity index (χ2n) is 7.96. The van der Waals surface area contributed by atoms with Crippen molar-refractivity contribution in [1.29, 1.82) is 0 Å². The summed E-state index contributed by atoms with van der Waals surface area (Å²) in [5, 5.41) is 3.99. The third kappa shape index (κ3) is 4.49. The van der Waals surface area contributed by atoms with Crippen LogP contribution in [0.1, 0.15) is 60.6 Å². The minimum Gasteiger partial charge on any atom is -0.339 e. The van der Waals surface area contributed by atoms with E-state index >= 15 is 0 Å². The van der Waals surface area contributed by atoms with Crippen LogP contribution >= 0.6 is 0 Å². The van der Waals surface area contributed by atoms with Gasteiger partial charge in [0.15, 0.2) is 5.82 Å². The summed E-state index contributed by atoms with van der Waals surface area (Å²) < 4.78 is 32.5. The van der Waals surface area contributed by atoms with E-state index in [9.17, 15) is 18.4 Å². The monoisotopic (exact) mass is 418 g/mol. The van der Waals surface area contributed by atoms with Crippen LogP contribution in [0.4, 0.5) is 8.78 Å². The first kappa shape index (κ1) is 20.4. The van der Waals surface area contributed by atoms with E-state index in [-0.39, 0.29) is 17.5 Å². The van der Waals surface area contributed by atoms with Crippen molar-refractivity contribution in [2.75, 3.05) is 19.6 Å². The summed E-state index contributed by atoms with van der Waals surface area (Å²) in [5.41, 5.74) is -0.161. The van der Waals surface area contributed by atoms with Crippen LogP contribution in [0, 0.1) is 11.6 Å². The molecule has 1 aromatic heterocycles. The lowest BCUT2D eigenvalue weighted by atomic mass is 10.0.